The van der Waals surface area contributed by atoms with Crippen molar-refractivity contribution in [2.24, 2.45) is 5.41 Å². The van der Waals surface area contributed by atoms with Gasteiger partial charge >= 0.3 is 0 Å². The zero-order valence-corrected chi connectivity index (χ0v) is 49.7. The number of nitriles is 1. The summed E-state index contributed by atoms with van der Waals surface area (Å²) < 4.78 is 9.39. The van der Waals surface area contributed by atoms with Crippen molar-refractivity contribution in [2.75, 3.05) is 0 Å². The first kappa shape index (κ1) is 54.7. The zero-order chi connectivity index (χ0) is 54.4. The van der Waals surface area contributed by atoms with Crippen LogP contribution in [0.15, 0.2) is 140 Å². The number of phenols is 1. The molecule has 10 rings (SSSR count). The minimum absolute atomic E-state index is 0. The van der Waals surface area contributed by atoms with Crippen molar-refractivity contribution in [2.45, 2.75) is 132 Å². The number of imidazole rings is 1. The van der Waals surface area contributed by atoms with E-state index in [0.717, 1.165) is 95.6 Å². The third kappa shape index (κ3) is 10.4. The van der Waals surface area contributed by atoms with Crippen molar-refractivity contribution in [3.8, 4) is 90.4 Å². The summed E-state index contributed by atoms with van der Waals surface area (Å²) in [7, 11) is 0. The minimum atomic E-state index is -0.779. The molecule has 3 heterocycles. The molecule has 0 fully saturated rings. The van der Waals surface area contributed by atoms with E-state index in [4.69, 9.17) is 14.7 Å². The number of nitrogens with zero attached hydrogens (tertiary/aromatic N) is 4. The van der Waals surface area contributed by atoms with Gasteiger partial charge in [0.05, 0.1) is 39.7 Å². The van der Waals surface area contributed by atoms with E-state index in [0.29, 0.717) is 22.7 Å². The smallest absolute Gasteiger partial charge is 0.148 e. The Hall–Kier alpha value is -7.06. The second-order valence-electron chi connectivity index (χ2n) is 25.8. The van der Waals surface area contributed by atoms with E-state index < -0.39 is 5.60 Å². The van der Waals surface area contributed by atoms with Gasteiger partial charge in [0.25, 0.3) is 0 Å². The van der Waals surface area contributed by atoms with Gasteiger partial charge in [0.15, 0.2) is 0 Å². The first-order valence-corrected chi connectivity index (χ1v) is 26.7. The average molecular weight is 1200 g/mol. The van der Waals surface area contributed by atoms with E-state index in [1.54, 1.807) is 0 Å². The molecule has 0 bridgehead atoms. The van der Waals surface area contributed by atoms with Gasteiger partial charge in [0.2, 0.25) is 0 Å². The number of phenolic OH excluding ortho intramolecular Hbond substituents is 1. The molecule has 6 nitrogen and oxygen atoms in total. The van der Waals surface area contributed by atoms with Crippen LogP contribution in [0.3, 0.4) is 0 Å². The van der Waals surface area contributed by atoms with Crippen LogP contribution in [0.2, 0.25) is 0 Å². The number of fused-ring (bicyclic) bond motifs is 4. The predicted molar refractivity (Wildman–Crippen MR) is 314 cm³/mol. The van der Waals surface area contributed by atoms with Crippen molar-refractivity contribution in [1.29, 1.82) is 5.26 Å². The number of aromatic hydroxyl groups is 1. The van der Waals surface area contributed by atoms with Gasteiger partial charge in [-0.2, -0.15) is 5.26 Å². The van der Waals surface area contributed by atoms with Crippen molar-refractivity contribution >= 4 is 11.0 Å². The normalized spacial score (nSPS) is 13.3. The molecule has 0 unspecified atom stereocenters. The summed E-state index contributed by atoms with van der Waals surface area (Å²) in [5.41, 5.74) is 18.4. The van der Waals surface area contributed by atoms with Crippen molar-refractivity contribution < 1.29 is 30.9 Å². The molecule has 77 heavy (non-hydrogen) atoms. The Kier molecular flexibility index (Phi) is 14.0. The number of pyridine rings is 1. The molecular weight excluding hydrogens is 1120 g/mol. The van der Waals surface area contributed by atoms with Crippen molar-refractivity contribution in [1.82, 2.24) is 14.5 Å². The van der Waals surface area contributed by atoms with Crippen LogP contribution >= 0.6 is 0 Å². The number of rotatable bonds is 7. The van der Waals surface area contributed by atoms with Crippen LogP contribution in [-0.4, -0.2) is 19.6 Å². The van der Waals surface area contributed by atoms with Gasteiger partial charge in [0.1, 0.15) is 17.2 Å². The Labute approximate surface area is 471 Å². The third-order valence-electron chi connectivity index (χ3n) is 15.0. The fraction of sp³-hybridized carbons (Fsp3) is 0.300. The molecule has 0 radical (unpaired) electrons. The quantitative estimate of drug-likeness (QED) is 0.161. The fourth-order valence-corrected chi connectivity index (χ4v) is 11.0. The zero-order valence-electron chi connectivity index (χ0n) is 47.4. The fourth-order valence-electron chi connectivity index (χ4n) is 11.0. The van der Waals surface area contributed by atoms with Crippen LogP contribution < -0.4 is 4.74 Å². The molecule has 2 aromatic heterocycles. The number of aryl methyl sites for hydroxylation is 1. The number of hydrogen-bond donors (Lipinski definition) is 1. The third-order valence-corrected chi connectivity index (χ3v) is 15.0. The Morgan fingerprint density at radius 3 is 2.01 bits per heavy atom. The van der Waals surface area contributed by atoms with Gasteiger partial charge < -0.3 is 9.84 Å². The van der Waals surface area contributed by atoms with Crippen LogP contribution in [-0.2, 0) is 49.3 Å². The van der Waals surface area contributed by atoms with Crippen LogP contribution in [0, 0.1) is 29.7 Å². The summed E-state index contributed by atoms with van der Waals surface area (Å²) in [6.07, 6.45) is 2.87. The number of ether oxygens (including phenoxy) is 1. The van der Waals surface area contributed by atoms with Crippen molar-refractivity contribution in [3.05, 3.63) is 185 Å². The summed E-state index contributed by atoms with van der Waals surface area (Å²) >= 11 is 0. The molecule has 0 saturated carbocycles. The second kappa shape index (κ2) is 19.7. The molecule has 1 aliphatic heterocycles. The SMILES string of the molecule is Cc1cc(CC(C)(C)C)ccc1-c1ccnc(-c2[c-]c(-c3cccc4c3nc(-c3cc(C(C)(C)C)cc(C(C)(C)C)c3O)n4-c3ccc(C(C)(C)C)cc3-c3ccccc3)cc3c2OC(C)(C)c2cc(C#N)ccc2-3)c1.[Pt]. The topological polar surface area (TPSA) is 84.0 Å². The molecule has 0 amide bonds. The molecule has 0 atom stereocenters. The van der Waals surface area contributed by atoms with Gasteiger partial charge in [0, 0.05) is 49.6 Å². The first-order valence-electron chi connectivity index (χ1n) is 26.7. The maximum Gasteiger partial charge on any atom is 0.148 e. The van der Waals surface area contributed by atoms with Crippen LogP contribution in [0.5, 0.6) is 11.5 Å². The number of aromatic nitrogens is 3. The van der Waals surface area contributed by atoms with E-state index in [2.05, 4.69) is 242 Å². The summed E-state index contributed by atoms with van der Waals surface area (Å²) in [5.74, 6) is 1.52. The predicted octanol–water partition coefficient (Wildman–Crippen LogP) is 18.2. The summed E-state index contributed by atoms with van der Waals surface area (Å²) in [4.78, 5) is 10.8. The van der Waals surface area contributed by atoms with Gasteiger partial charge in [-0.15, -0.1) is 17.7 Å². The molecule has 0 saturated heterocycles. The second-order valence-corrected chi connectivity index (χ2v) is 25.8. The molecule has 0 aliphatic carbocycles. The summed E-state index contributed by atoms with van der Waals surface area (Å²) in [5, 5.41) is 22.8. The molecule has 7 aromatic carbocycles. The summed E-state index contributed by atoms with van der Waals surface area (Å²) in [6, 6.07) is 53.4. The number of hydrogen-bond acceptors (Lipinski definition) is 5. The standard InChI is InChI=1S/C70H71N4O2.Pt/c1-42-32-43(40-66(2,3)4)24-27-50(42)46-30-31-72-59(36-46)55-35-47(34-54-52-28-25-44(41-71)33-57(52)70(14,15)76-64(54)55)51-22-19-23-61-62(51)73-65(56-38-49(68(8,9)10)39-58(63(56)75)69(11,12)13)74(61)60-29-26-48(67(5,6)7)37-53(60)45-20-17-16-18-21-45;/h16-34,36-39,75H,40H2,1-15H3;/q-1;. The monoisotopic (exact) mass is 1190 g/mol. The largest absolute Gasteiger partial charge is 0.518 e. The Bertz CT molecular complexity index is 3810. The molecule has 9 aromatic rings. The number of benzene rings is 7. The van der Waals surface area contributed by atoms with Gasteiger partial charge in [-0.25, -0.2) is 4.98 Å². The minimum Gasteiger partial charge on any atom is -0.518 e. The molecule has 7 heteroatoms. The van der Waals surface area contributed by atoms with Gasteiger partial charge in [-0.1, -0.05) is 179 Å². The van der Waals surface area contributed by atoms with Gasteiger partial charge in [-0.3, -0.25) is 9.55 Å². The molecule has 394 valence electrons. The molecule has 1 aliphatic rings. The maximum absolute atomic E-state index is 12.7. The Morgan fingerprint density at radius 2 is 1.35 bits per heavy atom. The van der Waals surface area contributed by atoms with Crippen LogP contribution in [0.4, 0.5) is 0 Å². The van der Waals surface area contributed by atoms with Crippen LogP contribution in [0.25, 0.3) is 83.9 Å². The number of para-hydroxylation sites is 1. The molecule has 1 N–H and O–H groups in total. The Morgan fingerprint density at radius 1 is 0.649 bits per heavy atom. The van der Waals surface area contributed by atoms with Crippen molar-refractivity contribution in [3.63, 3.8) is 0 Å². The first-order chi connectivity index (χ1) is 35.7. The van der Waals surface area contributed by atoms with E-state index in [9.17, 15) is 10.4 Å². The van der Waals surface area contributed by atoms with Crippen LogP contribution in [0.1, 0.15) is 136 Å². The summed E-state index contributed by atoms with van der Waals surface area (Å²) in [6.45, 7) is 33.0. The van der Waals surface area contributed by atoms with E-state index >= 15 is 0 Å². The Balaban J connectivity index is 0.00000722. The van der Waals surface area contributed by atoms with E-state index in [1.807, 2.05) is 18.3 Å². The molecule has 0 spiro atoms. The van der Waals surface area contributed by atoms with Gasteiger partial charge in [-0.05, 0) is 141 Å². The van der Waals surface area contributed by atoms with E-state index in [-0.39, 0.29) is 48.5 Å². The average Bonchev–Trinajstić information content (AvgIpc) is 3.75. The maximum atomic E-state index is 12.7. The van der Waals surface area contributed by atoms with E-state index in [1.165, 1.54) is 16.7 Å². The molecular formula is C70H71N4O2Pt-.